The predicted octanol–water partition coefficient (Wildman–Crippen LogP) is 0.544. The molecule has 2 aliphatic rings. The van der Waals surface area contributed by atoms with Crippen molar-refractivity contribution in [2.24, 2.45) is 0 Å². The van der Waals surface area contributed by atoms with E-state index in [4.69, 9.17) is 0 Å². The Hall–Kier alpha value is 0.0700. The van der Waals surface area contributed by atoms with E-state index in [2.05, 4.69) is 10.0 Å². The van der Waals surface area contributed by atoms with Gasteiger partial charge in [-0.15, -0.1) is 0 Å². The average molecular weight is 202 g/mol. The highest BCUT2D eigenvalue weighted by atomic mass is 32.2. The first kappa shape index (κ1) is 9.62. The third-order valence-electron chi connectivity index (χ3n) is 2.95. The van der Waals surface area contributed by atoms with Crippen LogP contribution in [0.5, 0.6) is 0 Å². The van der Waals surface area contributed by atoms with Crippen LogP contribution in [0.1, 0.15) is 32.1 Å². The van der Waals surface area contributed by atoms with Crippen LogP contribution < -0.4 is 10.0 Å². The first-order valence-corrected chi connectivity index (χ1v) is 6.45. The molecule has 1 heterocycles. The van der Waals surface area contributed by atoms with Crippen LogP contribution >= 0.6 is 0 Å². The summed E-state index contributed by atoms with van der Waals surface area (Å²) in [4.78, 5) is 0. The number of hydrogen-bond donors (Lipinski definition) is 2. The molecule has 0 spiro atoms. The molecule has 1 saturated carbocycles. The first-order valence-electron chi connectivity index (χ1n) is 5.24. The number of hydrogen-bond acceptors (Lipinski definition) is 2. The second-order valence-electron chi connectivity index (χ2n) is 4.01. The van der Waals surface area contributed by atoms with Crippen LogP contribution in [0.15, 0.2) is 0 Å². The van der Waals surface area contributed by atoms with E-state index in [1.54, 1.807) is 0 Å². The summed E-state index contributed by atoms with van der Waals surface area (Å²) < 4.78 is 15.0. The number of nitrogens with one attached hydrogen (secondary N) is 2. The SMILES string of the molecule is O=S(N[C@@H]1CCNC1)C1CCCC1. The van der Waals surface area contributed by atoms with Crippen molar-refractivity contribution in [2.45, 2.75) is 43.4 Å². The van der Waals surface area contributed by atoms with Gasteiger partial charge in [-0.3, -0.25) is 0 Å². The van der Waals surface area contributed by atoms with Gasteiger partial charge in [0, 0.05) is 17.8 Å². The zero-order valence-corrected chi connectivity index (χ0v) is 8.74. The summed E-state index contributed by atoms with van der Waals surface area (Å²) in [5.41, 5.74) is 0. The van der Waals surface area contributed by atoms with Crippen molar-refractivity contribution < 1.29 is 4.21 Å². The topological polar surface area (TPSA) is 41.1 Å². The molecular weight excluding hydrogens is 184 g/mol. The van der Waals surface area contributed by atoms with Crippen LogP contribution in [0.3, 0.4) is 0 Å². The van der Waals surface area contributed by atoms with Gasteiger partial charge in [-0.2, -0.15) is 0 Å². The Kier molecular flexibility index (Phi) is 3.35. The maximum Gasteiger partial charge on any atom is 0.0950 e. The smallest absolute Gasteiger partial charge is 0.0950 e. The normalized spacial score (nSPS) is 32.5. The lowest BCUT2D eigenvalue weighted by Crippen LogP contribution is -2.36. The van der Waals surface area contributed by atoms with Gasteiger partial charge in [0.25, 0.3) is 0 Å². The molecule has 1 aliphatic carbocycles. The van der Waals surface area contributed by atoms with Gasteiger partial charge in [-0.1, -0.05) is 12.8 Å². The third kappa shape index (κ3) is 2.51. The monoisotopic (exact) mass is 202 g/mol. The van der Waals surface area contributed by atoms with Gasteiger partial charge in [-0.25, -0.2) is 8.93 Å². The Morgan fingerprint density at radius 3 is 2.62 bits per heavy atom. The van der Waals surface area contributed by atoms with Crippen molar-refractivity contribution in [3.05, 3.63) is 0 Å². The largest absolute Gasteiger partial charge is 0.315 e. The molecule has 4 heteroatoms. The molecule has 2 atom stereocenters. The minimum atomic E-state index is -0.775. The van der Waals surface area contributed by atoms with Crippen molar-refractivity contribution in [2.75, 3.05) is 13.1 Å². The molecule has 1 aliphatic heterocycles. The van der Waals surface area contributed by atoms with E-state index in [1.807, 2.05) is 0 Å². The Bertz CT molecular complexity index is 186. The van der Waals surface area contributed by atoms with Gasteiger partial charge in [0.15, 0.2) is 0 Å². The molecule has 13 heavy (non-hydrogen) atoms. The van der Waals surface area contributed by atoms with Crippen molar-refractivity contribution in [3.63, 3.8) is 0 Å². The molecule has 0 aromatic carbocycles. The minimum Gasteiger partial charge on any atom is -0.315 e. The molecule has 0 aromatic heterocycles. The molecule has 0 amide bonds. The highest BCUT2D eigenvalue weighted by Gasteiger charge is 2.24. The zero-order chi connectivity index (χ0) is 9.10. The fraction of sp³-hybridized carbons (Fsp3) is 1.00. The summed E-state index contributed by atoms with van der Waals surface area (Å²) in [7, 11) is -0.775. The summed E-state index contributed by atoms with van der Waals surface area (Å²) in [5, 5.41) is 3.70. The van der Waals surface area contributed by atoms with Crippen molar-refractivity contribution in [1.29, 1.82) is 0 Å². The standard InChI is InChI=1S/C9H18N2OS/c12-13(9-3-1-2-4-9)11-8-5-6-10-7-8/h8-11H,1-7H2/t8-,13?/m1/s1. The van der Waals surface area contributed by atoms with Crippen LogP contribution in [0, 0.1) is 0 Å². The van der Waals surface area contributed by atoms with Crippen LogP contribution in [0.2, 0.25) is 0 Å². The van der Waals surface area contributed by atoms with E-state index in [1.165, 1.54) is 12.8 Å². The lowest BCUT2D eigenvalue weighted by atomic mass is 10.3. The van der Waals surface area contributed by atoms with Crippen molar-refractivity contribution in [1.82, 2.24) is 10.0 Å². The van der Waals surface area contributed by atoms with E-state index >= 15 is 0 Å². The molecule has 1 unspecified atom stereocenters. The fourth-order valence-electron chi connectivity index (χ4n) is 2.12. The second-order valence-corrected chi connectivity index (χ2v) is 5.51. The minimum absolute atomic E-state index is 0.431. The van der Waals surface area contributed by atoms with Gasteiger partial charge < -0.3 is 5.32 Å². The summed E-state index contributed by atoms with van der Waals surface area (Å²) in [6, 6.07) is 0.446. The van der Waals surface area contributed by atoms with E-state index in [0.717, 1.165) is 32.4 Å². The molecule has 3 nitrogen and oxygen atoms in total. The maximum absolute atomic E-state index is 11.8. The van der Waals surface area contributed by atoms with Crippen LogP contribution in [0.25, 0.3) is 0 Å². The molecule has 76 valence electrons. The second kappa shape index (κ2) is 4.53. The van der Waals surface area contributed by atoms with Gasteiger partial charge in [0.1, 0.15) is 0 Å². The molecular formula is C9H18N2OS. The number of rotatable bonds is 3. The summed E-state index contributed by atoms with van der Waals surface area (Å²) >= 11 is 0. The van der Waals surface area contributed by atoms with Crippen molar-refractivity contribution >= 4 is 11.0 Å². The fourth-order valence-corrected chi connectivity index (χ4v) is 3.60. The Balaban J connectivity index is 1.76. The van der Waals surface area contributed by atoms with Gasteiger partial charge in [0.05, 0.1) is 11.0 Å². The lowest BCUT2D eigenvalue weighted by Gasteiger charge is -2.14. The summed E-state index contributed by atoms with van der Waals surface area (Å²) in [5.74, 6) is 0. The molecule has 0 bridgehead atoms. The van der Waals surface area contributed by atoms with E-state index in [0.29, 0.717) is 11.3 Å². The van der Waals surface area contributed by atoms with Gasteiger partial charge in [-0.05, 0) is 25.8 Å². The summed E-state index contributed by atoms with van der Waals surface area (Å²) in [6.07, 6.45) is 5.96. The van der Waals surface area contributed by atoms with E-state index in [-0.39, 0.29) is 0 Å². The highest BCUT2D eigenvalue weighted by molar-refractivity contribution is 7.83. The maximum atomic E-state index is 11.8. The molecule has 2 rings (SSSR count). The molecule has 0 radical (unpaired) electrons. The van der Waals surface area contributed by atoms with Crippen LogP contribution in [-0.2, 0) is 11.0 Å². The summed E-state index contributed by atoms with van der Waals surface area (Å²) in [6.45, 7) is 2.05. The average Bonchev–Trinajstić information content (AvgIpc) is 2.74. The van der Waals surface area contributed by atoms with Crippen LogP contribution in [0.4, 0.5) is 0 Å². The Morgan fingerprint density at radius 1 is 1.23 bits per heavy atom. The van der Waals surface area contributed by atoms with Crippen molar-refractivity contribution in [3.8, 4) is 0 Å². The van der Waals surface area contributed by atoms with E-state index < -0.39 is 11.0 Å². The van der Waals surface area contributed by atoms with E-state index in [9.17, 15) is 4.21 Å². The molecule has 2 fully saturated rings. The quantitative estimate of drug-likeness (QED) is 0.701. The molecule has 0 aromatic rings. The Morgan fingerprint density at radius 2 is 2.00 bits per heavy atom. The van der Waals surface area contributed by atoms with Gasteiger partial charge >= 0.3 is 0 Å². The zero-order valence-electron chi connectivity index (χ0n) is 7.92. The predicted molar refractivity (Wildman–Crippen MR) is 54.8 cm³/mol. The lowest BCUT2D eigenvalue weighted by molar-refractivity contribution is 0.622. The first-order chi connectivity index (χ1) is 6.36. The molecule has 2 N–H and O–H groups in total. The third-order valence-corrected chi connectivity index (χ3v) is 4.59. The van der Waals surface area contributed by atoms with Gasteiger partial charge in [0.2, 0.25) is 0 Å². The molecule has 1 saturated heterocycles. The van der Waals surface area contributed by atoms with Crippen LogP contribution in [-0.4, -0.2) is 28.6 Å². The Labute approximate surface area is 82.3 Å². The highest BCUT2D eigenvalue weighted by Crippen LogP contribution is 2.22.